The number of hydrogen-bond donors (Lipinski definition) is 2. The molecule has 3 aromatic carbocycles. The molecule has 0 saturated heterocycles. The maximum Gasteiger partial charge on any atom is 0.270 e. The molecule has 156 valence electrons. The lowest BCUT2D eigenvalue weighted by molar-refractivity contribution is -0.385. The fourth-order valence-electron chi connectivity index (χ4n) is 2.43. The van der Waals surface area contributed by atoms with E-state index in [-0.39, 0.29) is 31.9 Å². The molecule has 0 saturated carbocycles. The van der Waals surface area contributed by atoms with E-state index in [0.29, 0.717) is 0 Å². The highest BCUT2D eigenvalue weighted by molar-refractivity contribution is 7.93. The Hall–Kier alpha value is -3.15. The lowest BCUT2D eigenvalue weighted by atomic mass is 10.3. The summed E-state index contributed by atoms with van der Waals surface area (Å²) in [5.41, 5.74) is -0.0854. The van der Waals surface area contributed by atoms with Gasteiger partial charge >= 0.3 is 0 Å². The SMILES string of the molecule is O=[N+]([O-])c1cccc(S(=O)(=O)Nc2ccc(S(=O)(=O)Nc3ccccc3Cl)cc2)c1. The van der Waals surface area contributed by atoms with Gasteiger partial charge in [0, 0.05) is 17.8 Å². The molecule has 0 unspecified atom stereocenters. The highest BCUT2D eigenvalue weighted by Gasteiger charge is 2.19. The van der Waals surface area contributed by atoms with Crippen molar-refractivity contribution in [2.45, 2.75) is 9.79 Å². The van der Waals surface area contributed by atoms with Crippen molar-refractivity contribution in [3.63, 3.8) is 0 Å². The van der Waals surface area contributed by atoms with Gasteiger partial charge in [0.05, 0.1) is 25.4 Å². The van der Waals surface area contributed by atoms with Crippen LogP contribution >= 0.6 is 11.6 Å². The lowest BCUT2D eigenvalue weighted by Crippen LogP contribution is -2.15. The third kappa shape index (κ3) is 4.87. The number of non-ortho nitro benzene ring substituents is 1. The standard InChI is InChI=1S/C18H14ClN3O6S2/c19-17-6-1-2-7-18(17)21-29(25,26)15-10-8-13(9-11-15)20-30(27,28)16-5-3-4-14(12-16)22(23)24/h1-12,20-21H. The Balaban J connectivity index is 1.81. The van der Waals surface area contributed by atoms with E-state index in [2.05, 4.69) is 9.44 Å². The fraction of sp³-hybridized carbons (Fsp3) is 0. The molecule has 0 atom stereocenters. The first-order valence-corrected chi connectivity index (χ1v) is 11.6. The van der Waals surface area contributed by atoms with Gasteiger partial charge in [-0.2, -0.15) is 0 Å². The average molecular weight is 468 g/mol. The van der Waals surface area contributed by atoms with Crippen molar-refractivity contribution in [3.8, 4) is 0 Å². The summed E-state index contributed by atoms with van der Waals surface area (Å²) in [6.45, 7) is 0. The number of anilines is 2. The Bertz CT molecular complexity index is 1310. The third-order valence-electron chi connectivity index (χ3n) is 3.87. The van der Waals surface area contributed by atoms with Gasteiger partial charge in [0.2, 0.25) is 0 Å². The predicted octanol–water partition coefficient (Wildman–Crippen LogP) is 3.85. The maximum absolute atomic E-state index is 12.5. The van der Waals surface area contributed by atoms with Crippen molar-refractivity contribution in [1.29, 1.82) is 0 Å². The van der Waals surface area contributed by atoms with E-state index in [4.69, 9.17) is 11.6 Å². The normalized spacial score (nSPS) is 11.6. The number of sulfonamides is 2. The molecule has 12 heteroatoms. The van der Waals surface area contributed by atoms with Crippen LogP contribution in [0.2, 0.25) is 5.02 Å². The topological polar surface area (TPSA) is 135 Å². The van der Waals surface area contributed by atoms with Gasteiger partial charge in [0.25, 0.3) is 25.7 Å². The first-order chi connectivity index (χ1) is 14.1. The number of nitro groups is 1. The van der Waals surface area contributed by atoms with Gasteiger partial charge in [-0.3, -0.25) is 19.6 Å². The zero-order chi connectivity index (χ0) is 21.9. The quantitative estimate of drug-likeness (QED) is 0.400. The van der Waals surface area contributed by atoms with Crippen molar-refractivity contribution in [3.05, 3.63) is 87.9 Å². The third-order valence-corrected chi connectivity index (χ3v) is 6.96. The molecule has 0 bridgehead atoms. The summed E-state index contributed by atoms with van der Waals surface area (Å²) in [7, 11) is -8.06. The molecule has 0 radical (unpaired) electrons. The summed E-state index contributed by atoms with van der Waals surface area (Å²) in [6.07, 6.45) is 0. The molecule has 0 spiro atoms. The Morgan fingerprint density at radius 1 is 0.767 bits per heavy atom. The van der Waals surface area contributed by atoms with Crippen molar-refractivity contribution in [2.75, 3.05) is 9.44 Å². The number of nitro benzene ring substituents is 1. The lowest BCUT2D eigenvalue weighted by Gasteiger charge is -2.11. The monoisotopic (exact) mass is 467 g/mol. The second-order valence-corrected chi connectivity index (χ2v) is 9.74. The molecule has 0 amide bonds. The van der Waals surface area contributed by atoms with E-state index in [1.165, 1.54) is 54.6 Å². The van der Waals surface area contributed by atoms with E-state index in [0.717, 1.165) is 6.07 Å². The highest BCUT2D eigenvalue weighted by atomic mass is 35.5. The van der Waals surface area contributed by atoms with Crippen LogP contribution in [0.3, 0.4) is 0 Å². The van der Waals surface area contributed by atoms with E-state index in [1.54, 1.807) is 12.1 Å². The minimum absolute atomic E-state index is 0.0817. The summed E-state index contributed by atoms with van der Waals surface area (Å²) < 4.78 is 54.5. The molecular weight excluding hydrogens is 454 g/mol. The van der Waals surface area contributed by atoms with Gasteiger partial charge < -0.3 is 0 Å². The number of nitrogens with one attached hydrogen (secondary N) is 2. The number of rotatable bonds is 7. The molecule has 0 aliphatic carbocycles. The molecular formula is C18H14ClN3O6S2. The Kier molecular flexibility index (Phi) is 5.97. The molecule has 3 rings (SSSR count). The van der Waals surface area contributed by atoms with Gasteiger partial charge in [-0.05, 0) is 42.5 Å². The molecule has 9 nitrogen and oxygen atoms in total. The van der Waals surface area contributed by atoms with Gasteiger partial charge in [-0.1, -0.05) is 29.8 Å². The number of hydrogen-bond acceptors (Lipinski definition) is 6. The van der Waals surface area contributed by atoms with Crippen LogP contribution < -0.4 is 9.44 Å². The van der Waals surface area contributed by atoms with E-state index < -0.39 is 25.0 Å². The molecule has 30 heavy (non-hydrogen) atoms. The number of halogens is 1. The highest BCUT2D eigenvalue weighted by Crippen LogP contribution is 2.25. The summed E-state index contributed by atoms with van der Waals surface area (Å²) in [5, 5.41) is 11.1. The first kappa shape index (κ1) is 21.6. The molecule has 3 aromatic rings. The van der Waals surface area contributed by atoms with Crippen LogP contribution in [0.15, 0.2) is 82.6 Å². The Morgan fingerprint density at radius 2 is 1.40 bits per heavy atom. The van der Waals surface area contributed by atoms with E-state index in [9.17, 15) is 26.9 Å². The van der Waals surface area contributed by atoms with Gasteiger partial charge in [-0.15, -0.1) is 0 Å². The van der Waals surface area contributed by atoms with E-state index in [1.807, 2.05) is 0 Å². The zero-order valence-corrected chi connectivity index (χ0v) is 17.4. The summed E-state index contributed by atoms with van der Waals surface area (Å²) in [5.74, 6) is 0. The first-order valence-electron chi connectivity index (χ1n) is 8.23. The maximum atomic E-state index is 12.5. The largest absolute Gasteiger partial charge is 0.280 e. The second kappa shape index (κ2) is 8.30. The van der Waals surface area contributed by atoms with Crippen LogP contribution in [0.5, 0.6) is 0 Å². The Labute approximate surface area is 177 Å². The van der Waals surface area contributed by atoms with Crippen molar-refractivity contribution >= 4 is 48.7 Å². The predicted molar refractivity (Wildman–Crippen MR) is 113 cm³/mol. The Morgan fingerprint density at radius 3 is 2.03 bits per heavy atom. The molecule has 0 aromatic heterocycles. The van der Waals surface area contributed by atoms with Crippen molar-refractivity contribution < 1.29 is 21.8 Å². The average Bonchev–Trinajstić information content (AvgIpc) is 2.70. The van der Waals surface area contributed by atoms with Crippen LogP contribution in [0.25, 0.3) is 0 Å². The molecule has 0 aliphatic heterocycles. The zero-order valence-electron chi connectivity index (χ0n) is 15.0. The van der Waals surface area contributed by atoms with Crippen LogP contribution in [0.1, 0.15) is 0 Å². The van der Waals surface area contributed by atoms with Gasteiger partial charge in [0.1, 0.15) is 0 Å². The van der Waals surface area contributed by atoms with Crippen LogP contribution in [-0.2, 0) is 20.0 Å². The summed E-state index contributed by atoms with van der Waals surface area (Å²) in [6, 6.07) is 15.8. The molecule has 2 N–H and O–H groups in total. The summed E-state index contributed by atoms with van der Waals surface area (Å²) >= 11 is 5.96. The number of para-hydroxylation sites is 1. The summed E-state index contributed by atoms with van der Waals surface area (Å²) in [4.78, 5) is 9.73. The minimum Gasteiger partial charge on any atom is -0.280 e. The number of nitrogens with zero attached hydrogens (tertiary/aromatic N) is 1. The molecule has 0 fully saturated rings. The fourth-order valence-corrected chi connectivity index (χ4v) is 4.84. The minimum atomic E-state index is -4.11. The number of benzene rings is 3. The van der Waals surface area contributed by atoms with Crippen LogP contribution in [-0.4, -0.2) is 21.8 Å². The van der Waals surface area contributed by atoms with Crippen molar-refractivity contribution in [2.24, 2.45) is 0 Å². The molecule has 0 heterocycles. The van der Waals surface area contributed by atoms with Gasteiger partial charge in [-0.25, -0.2) is 16.8 Å². The van der Waals surface area contributed by atoms with Crippen LogP contribution in [0.4, 0.5) is 17.1 Å². The van der Waals surface area contributed by atoms with E-state index >= 15 is 0 Å². The molecule has 0 aliphatic rings. The second-order valence-electron chi connectivity index (χ2n) is 5.97. The smallest absolute Gasteiger partial charge is 0.270 e. The van der Waals surface area contributed by atoms with Gasteiger partial charge in [0.15, 0.2) is 0 Å². The van der Waals surface area contributed by atoms with Crippen LogP contribution in [0, 0.1) is 10.1 Å². The van der Waals surface area contributed by atoms with Crippen molar-refractivity contribution in [1.82, 2.24) is 0 Å².